The lowest BCUT2D eigenvalue weighted by Crippen LogP contribution is -2.38. The minimum absolute atomic E-state index is 0.121. The first kappa shape index (κ1) is 15.3. The highest BCUT2D eigenvalue weighted by atomic mass is 32.1. The minimum Gasteiger partial charge on any atom is -0.384 e. The summed E-state index contributed by atoms with van der Waals surface area (Å²) in [4.78, 5) is 12.3. The van der Waals surface area contributed by atoms with E-state index in [1.54, 1.807) is 6.92 Å². The van der Waals surface area contributed by atoms with Crippen molar-refractivity contribution in [2.24, 2.45) is 0 Å². The van der Waals surface area contributed by atoms with Gasteiger partial charge in [-0.25, -0.2) is 0 Å². The molecule has 1 aliphatic rings. The molecule has 3 rings (SSSR count). The third-order valence-electron chi connectivity index (χ3n) is 4.35. The second-order valence-corrected chi connectivity index (χ2v) is 6.94. The predicted molar refractivity (Wildman–Crippen MR) is 89.3 cm³/mol. The van der Waals surface area contributed by atoms with Gasteiger partial charge in [0.05, 0.1) is 6.54 Å². The van der Waals surface area contributed by atoms with Crippen LogP contribution in [0.1, 0.15) is 46.8 Å². The fourth-order valence-corrected chi connectivity index (χ4v) is 3.68. The first-order valence-corrected chi connectivity index (χ1v) is 8.65. The van der Waals surface area contributed by atoms with Crippen molar-refractivity contribution in [1.29, 1.82) is 0 Å². The molecule has 2 N–H and O–H groups in total. The third kappa shape index (κ3) is 3.23. The van der Waals surface area contributed by atoms with E-state index in [4.69, 9.17) is 0 Å². The van der Waals surface area contributed by atoms with E-state index in [1.807, 2.05) is 29.0 Å². The van der Waals surface area contributed by atoms with Gasteiger partial charge >= 0.3 is 0 Å². The van der Waals surface area contributed by atoms with Crippen molar-refractivity contribution in [3.05, 3.63) is 57.3 Å². The van der Waals surface area contributed by atoms with Crippen molar-refractivity contribution < 1.29 is 9.90 Å². The van der Waals surface area contributed by atoms with Crippen LogP contribution in [0, 0.1) is 0 Å². The van der Waals surface area contributed by atoms with E-state index in [9.17, 15) is 9.90 Å². The van der Waals surface area contributed by atoms with Crippen LogP contribution in [0.2, 0.25) is 0 Å². The summed E-state index contributed by atoms with van der Waals surface area (Å²) in [7, 11) is 0. The molecule has 1 heterocycles. The maximum Gasteiger partial charge on any atom is 0.251 e. The number of fused-ring (bicyclic) bond motifs is 1. The average molecular weight is 315 g/mol. The molecule has 1 atom stereocenters. The Labute approximate surface area is 135 Å². The molecule has 0 fully saturated rings. The minimum atomic E-state index is -1.04. The van der Waals surface area contributed by atoms with Crippen LogP contribution in [0.4, 0.5) is 0 Å². The number of carbonyl (C=O) groups excluding carboxylic acids is 1. The lowest BCUT2D eigenvalue weighted by molar-refractivity contribution is 0.0530. The Balaban J connectivity index is 1.67. The van der Waals surface area contributed by atoms with E-state index in [1.165, 1.54) is 35.3 Å². The SMILES string of the molecule is CC(O)(CNC(=O)c1ccc2c(c1)CCCC2)c1ccsc1. The van der Waals surface area contributed by atoms with Crippen molar-refractivity contribution in [2.45, 2.75) is 38.2 Å². The first-order chi connectivity index (χ1) is 10.6. The maximum atomic E-state index is 12.3. The number of nitrogens with one attached hydrogen (secondary N) is 1. The van der Waals surface area contributed by atoms with E-state index in [2.05, 4.69) is 11.4 Å². The molecule has 0 saturated carbocycles. The van der Waals surface area contributed by atoms with Crippen LogP contribution in [0.3, 0.4) is 0 Å². The van der Waals surface area contributed by atoms with Crippen LogP contribution >= 0.6 is 11.3 Å². The number of amides is 1. The van der Waals surface area contributed by atoms with Crippen LogP contribution in [0.15, 0.2) is 35.0 Å². The summed E-state index contributed by atoms with van der Waals surface area (Å²) in [5.41, 5.74) is 3.14. The van der Waals surface area contributed by atoms with Crippen LogP contribution < -0.4 is 5.32 Å². The number of benzene rings is 1. The van der Waals surface area contributed by atoms with Gasteiger partial charge < -0.3 is 10.4 Å². The van der Waals surface area contributed by atoms with Crippen molar-refractivity contribution >= 4 is 17.2 Å². The molecule has 1 unspecified atom stereocenters. The number of aryl methyl sites for hydroxylation is 2. The van der Waals surface area contributed by atoms with Crippen LogP contribution in [-0.2, 0) is 18.4 Å². The van der Waals surface area contributed by atoms with Gasteiger partial charge in [-0.15, -0.1) is 0 Å². The summed E-state index contributed by atoms with van der Waals surface area (Å²) in [5.74, 6) is -0.121. The van der Waals surface area contributed by atoms with Gasteiger partial charge in [-0.05, 0) is 78.3 Å². The number of rotatable bonds is 4. The fourth-order valence-electron chi connectivity index (χ4n) is 2.90. The Morgan fingerprint density at radius 3 is 2.77 bits per heavy atom. The summed E-state index contributed by atoms with van der Waals surface area (Å²) >= 11 is 1.54. The number of carbonyl (C=O) groups is 1. The number of aliphatic hydroxyl groups is 1. The summed E-state index contributed by atoms with van der Waals surface area (Å²) in [6.45, 7) is 1.93. The summed E-state index contributed by atoms with van der Waals surface area (Å²) in [5, 5.41) is 17.1. The van der Waals surface area contributed by atoms with E-state index >= 15 is 0 Å². The summed E-state index contributed by atoms with van der Waals surface area (Å²) < 4.78 is 0. The van der Waals surface area contributed by atoms with Gasteiger partial charge in [0.15, 0.2) is 0 Å². The Hall–Kier alpha value is -1.65. The fraction of sp³-hybridized carbons (Fsp3) is 0.389. The quantitative estimate of drug-likeness (QED) is 0.910. The average Bonchev–Trinajstić information content (AvgIpc) is 3.07. The van der Waals surface area contributed by atoms with Crippen molar-refractivity contribution in [3.63, 3.8) is 0 Å². The highest BCUT2D eigenvalue weighted by Crippen LogP contribution is 2.24. The molecule has 1 aromatic carbocycles. The molecule has 1 amide bonds. The molecule has 4 heteroatoms. The molecule has 0 spiro atoms. The summed E-state index contributed by atoms with van der Waals surface area (Å²) in [6.07, 6.45) is 4.61. The molecule has 3 nitrogen and oxygen atoms in total. The lowest BCUT2D eigenvalue weighted by atomic mass is 9.90. The molecule has 0 bridgehead atoms. The normalized spacial score (nSPS) is 16.6. The second kappa shape index (κ2) is 6.23. The smallest absolute Gasteiger partial charge is 0.251 e. The van der Waals surface area contributed by atoms with Crippen molar-refractivity contribution in [3.8, 4) is 0 Å². The number of hydrogen-bond donors (Lipinski definition) is 2. The molecule has 2 aromatic rings. The van der Waals surface area contributed by atoms with Gasteiger partial charge in [0.2, 0.25) is 0 Å². The van der Waals surface area contributed by atoms with Gasteiger partial charge in [0.1, 0.15) is 5.60 Å². The zero-order valence-electron chi connectivity index (χ0n) is 12.8. The van der Waals surface area contributed by atoms with E-state index in [0.717, 1.165) is 18.4 Å². The molecule has 0 saturated heterocycles. The first-order valence-electron chi connectivity index (χ1n) is 7.71. The van der Waals surface area contributed by atoms with Gasteiger partial charge in [-0.1, -0.05) is 6.07 Å². The standard InChI is InChI=1S/C18H21NO2S/c1-18(21,16-8-9-22-11-16)12-19-17(20)15-7-6-13-4-2-3-5-14(13)10-15/h6-11,21H,2-5,12H2,1H3,(H,19,20). The topological polar surface area (TPSA) is 49.3 Å². The second-order valence-electron chi connectivity index (χ2n) is 6.16. The van der Waals surface area contributed by atoms with E-state index < -0.39 is 5.60 Å². The highest BCUT2D eigenvalue weighted by molar-refractivity contribution is 7.08. The van der Waals surface area contributed by atoms with Crippen LogP contribution in [0.5, 0.6) is 0 Å². The Morgan fingerprint density at radius 2 is 2.05 bits per heavy atom. The lowest BCUT2D eigenvalue weighted by Gasteiger charge is -2.23. The molecule has 1 aliphatic carbocycles. The van der Waals surface area contributed by atoms with E-state index in [0.29, 0.717) is 5.56 Å². The molecule has 1 aromatic heterocycles. The Kier molecular flexibility index (Phi) is 4.32. The highest BCUT2D eigenvalue weighted by Gasteiger charge is 2.24. The van der Waals surface area contributed by atoms with Crippen molar-refractivity contribution in [2.75, 3.05) is 6.54 Å². The maximum absolute atomic E-state index is 12.3. The molecule has 22 heavy (non-hydrogen) atoms. The monoisotopic (exact) mass is 315 g/mol. The molecule has 116 valence electrons. The number of hydrogen-bond acceptors (Lipinski definition) is 3. The van der Waals surface area contributed by atoms with Crippen LogP contribution in [0.25, 0.3) is 0 Å². The zero-order valence-corrected chi connectivity index (χ0v) is 13.6. The van der Waals surface area contributed by atoms with Gasteiger partial charge in [0.25, 0.3) is 5.91 Å². The van der Waals surface area contributed by atoms with Crippen molar-refractivity contribution in [1.82, 2.24) is 5.32 Å². The molecule has 0 aliphatic heterocycles. The van der Waals surface area contributed by atoms with E-state index in [-0.39, 0.29) is 12.5 Å². The summed E-state index contributed by atoms with van der Waals surface area (Å²) in [6, 6.07) is 7.85. The largest absolute Gasteiger partial charge is 0.384 e. The molecular formula is C18H21NO2S. The number of thiophene rings is 1. The Morgan fingerprint density at radius 1 is 1.27 bits per heavy atom. The van der Waals surface area contributed by atoms with Gasteiger partial charge in [0, 0.05) is 5.56 Å². The van der Waals surface area contributed by atoms with Crippen LogP contribution in [-0.4, -0.2) is 17.6 Å². The van der Waals surface area contributed by atoms with Gasteiger partial charge in [-0.3, -0.25) is 4.79 Å². The zero-order chi connectivity index (χ0) is 15.6. The third-order valence-corrected chi connectivity index (χ3v) is 5.03. The molecule has 0 radical (unpaired) electrons. The predicted octanol–water partition coefficient (Wildman–Crippen LogP) is 3.26. The van der Waals surface area contributed by atoms with Gasteiger partial charge in [-0.2, -0.15) is 11.3 Å². The molecular weight excluding hydrogens is 294 g/mol. The Bertz CT molecular complexity index is 662.